The number of rotatable bonds is 3. The fourth-order valence-electron chi connectivity index (χ4n) is 3.21. The van der Waals surface area contributed by atoms with Crippen LogP contribution in [0.5, 0.6) is 0 Å². The summed E-state index contributed by atoms with van der Waals surface area (Å²) >= 11 is 0. The number of hydrogen-bond donors (Lipinski definition) is 2. The molecule has 3 rings (SSSR count). The van der Waals surface area contributed by atoms with Crippen LogP contribution in [0.15, 0.2) is 18.2 Å². The molecular formula is C16H19N3O2. The molecule has 1 amide bonds. The normalized spacial score (nSPS) is 14.3. The summed E-state index contributed by atoms with van der Waals surface area (Å²) < 4.78 is 2.29. The van der Waals surface area contributed by atoms with Crippen molar-refractivity contribution in [2.45, 2.75) is 39.2 Å². The van der Waals surface area contributed by atoms with Gasteiger partial charge in [0.2, 0.25) is 0 Å². The second-order valence-corrected chi connectivity index (χ2v) is 5.50. The summed E-state index contributed by atoms with van der Waals surface area (Å²) in [6.07, 6.45) is 2.91. The molecule has 5 nitrogen and oxygen atoms in total. The highest BCUT2D eigenvalue weighted by Crippen LogP contribution is 2.32. The first kappa shape index (κ1) is 13.8. The number of aryl methyl sites for hydroxylation is 1. The summed E-state index contributed by atoms with van der Waals surface area (Å²) in [7, 11) is 0. The zero-order chi connectivity index (χ0) is 15.0. The minimum Gasteiger partial charge on any atom is -0.344 e. The molecule has 1 heterocycles. The number of aromatic nitrogens is 1. The minimum absolute atomic E-state index is 0.270. The number of nitrogen functional groups attached to an aromatic ring is 1. The van der Waals surface area contributed by atoms with Crippen molar-refractivity contribution in [2.24, 2.45) is 5.84 Å². The number of carbonyl (C=O) groups is 2. The molecule has 0 saturated heterocycles. The van der Waals surface area contributed by atoms with Gasteiger partial charge in [-0.05, 0) is 36.6 Å². The molecule has 5 heteroatoms. The second kappa shape index (κ2) is 5.33. The van der Waals surface area contributed by atoms with Crippen molar-refractivity contribution in [1.82, 2.24) is 9.99 Å². The van der Waals surface area contributed by atoms with Crippen LogP contribution < -0.4 is 11.3 Å². The fourth-order valence-corrected chi connectivity index (χ4v) is 3.21. The first-order valence-corrected chi connectivity index (χ1v) is 7.32. The molecule has 110 valence electrons. The Kier molecular flexibility index (Phi) is 3.51. The summed E-state index contributed by atoms with van der Waals surface area (Å²) in [5, 5.41) is 1.01. The molecule has 1 aromatic carbocycles. The Morgan fingerprint density at radius 1 is 1.38 bits per heavy atom. The van der Waals surface area contributed by atoms with E-state index in [0.29, 0.717) is 18.4 Å². The van der Waals surface area contributed by atoms with E-state index in [4.69, 9.17) is 5.84 Å². The topological polar surface area (TPSA) is 77.1 Å². The predicted octanol–water partition coefficient (Wildman–Crippen LogP) is 1.71. The number of nitrogens with two attached hydrogens (primary N) is 1. The van der Waals surface area contributed by atoms with Crippen LogP contribution in [0.3, 0.4) is 0 Å². The average Bonchev–Trinajstić information content (AvgIpc) is 2.80. The van der Waals surface area contributed by atoms with E-state index in [-0.39, 0.29) is 11.7 Å². The van der Waals surface area contributed by atoms with Gasteiger partial charge in [0, 0.05) is 41.5 Å². The standard InChI is InChI=1S/C16H19N3O2/c1-2-7-19-14-5-3-10(16(21)18-17)8-12(14)13-9-11(20)4-6-15(13)19/h3,5,8H,2,4,6-7,9,17H2,1H3,(H,18,21). The number of fused-ring (bicyclic) bond motifs is 3. The van der Waals surface area contributed by atoms with Crippen LogP contribution in [0, 0.1) is 0 Å². The maximum atomic E-state index is 11.8. The van der Waals surface area contributed by atoms with Crippen molar-refractivity contribution in [2.75, 3.05) is 0 Å². The number of carbonyl (C=O) groups excluding carboxylic acids is 2. The van der Waals surface area contributed by atoms with Crippen molar-refractivity contribution in [3.8, 4) is 0 Å². The summed E-state index contributed by atoms with van der Waals surface area (Å²) in [6.45, 7) is 3.07. The van der Waals surface area contributed by atoms with Crippen molar-refractivity contribution in [3.63, 3.8) is 0 Å². The van der Waals surface area contributed by atoms with Gasteiger partial charge < -0.3 is 4.57 Å². The van der Waals surface area contributed by atoms with Crippen LogP contribution in [-0.4, -0.2) is 16.3 Å². The second-order valence-electron chi connectivity index (χ2n) is 5.50. The van der Waals surface area contributed by atoms with E-state index in [2.05, 4.69) is 16.9 Å². The maximum Gasteiger partial charge on any atom is 0.265 e. The van der Waals surface area contributed by atoms with Crippen molar-refractivity contribution in [1.29, 1.82) is 0 Å². The summed E-state index contributed by atoms with van der Waals surface area (Å²) in [4.78, 5) is 23.5. The maximum absolute atomic E-state index is 11.8. The highest BCUT2D eigenvalue weighted by Gasteiger charge is 2.24. The SMILES string of the molecule is CCCn1c2c(c3cc(C(=O)NN)ccc31)CC(=O)CC2. The fraction of sp³-hybridized carbons (Fsp3) is 0.375. The molecule has 1 aromatic heterocycles. The van der Waals surface area contributed by atoms with E-state index in [1.165, 1.54) is 5.69 Å². The lowest BCUT2D eigenvalue weighted by molar-refractivity contribution is -0.118. The lowest BCUT2D eigenvalue weighted by Crippen LogP contribution is -2.29. The van der Waals surface area contributed by atoms with E-state index in [1.54, 1.807) is 6.07 Å². The van der Waals surface area contributed by atoms with E-state index in [0.717, 1.165) is 35.9 Å². The zero-order valence-corrected chi connectivity index (χ0v) is 12.1. The lowest BCUT2D eigenvalue weighted by atomic mass is 9.94. The number of ketones is 1. The Labute approximate surface area is 123 Å². The van der Waals surface area contributed by atoms with Crippen LogP contribution >= 0.6 is 0 Å². The van der Waals surface area contributed by atoms with E-state index >= 15 is 0 Å². The summed E-state index contributed by atoms with van der Waals surface area (Å²) in [6, 6.07) is 5.59. The van der Waals surface area contributed by atoms with Crippen LogP contribution in [0.4, 0.5) is 0 Å². The summed E-state index contributed by atoms with van der Waals surface area (Å²) in [5.74, 6) is 5.16. The number of nitrogens with one attached hydrogen (secondary N) is 1. The van der Waals surface area contributed by atoms with Gasteiger partial charge in [-0.2, -0.15) is 0 Å². The first-order chi connectivity index (χ1) is 10.2. The van der Waals surface area contributed by atoms with Crippen molar-refractivity contribution >= 4 is 22.6 Å². The molecule has 1 aliphatic carbocycles. The number of amides is 1. The van der Waals surface area contributed by atoms with Gasteiger partial charge in [0.05, 0.1) is 0 Å². The van der Waals surface area contributed by atoms with Gasteiger partial charge in [-0.15, -0.1) is 0 Å². The molecule has 0 unspecified atom stereocenters. The molecule has 2 aromatic rings. The molecule has 0 aliphatic heterocycles. The minimum atomic E-state index is -0.309. The number of nitrogens with zero attached hydrogens (tertiary/aromatic N) is 1. The van der Waals surface area contributed by atoms with E-state index < -0.39 is 0 Å². The first-order valence-electron chi connectivity index (χ1n) is 7.32. The Hall–Kier alpha value is -2.14. The molecule has 1 aliphatic rings. The average molecular weight is 285 g/mol. The lowest BCUT2D eigenvalue weighted by Gasteiger charge is -2.14. The third-order valence-corrected chi connectivity index (χ3v) is 4.14. The highest BCUT2D eigenvalue weighted by atomic mass is 16.2. The summed E-state index contributed by atoms with van der Waals surface area (Å²) in [5.41, 5.74) is 6.11. The molecule has 0 bridgehead atoms. The zero-order valence-electron chi connectivity index (χ0n) is 12.1. The van der Waals surface area contributed by atoms with Gasteiger partial charge >= 0.3 is 0 Å². The number of benzene rings is 1. The third kappa shape index (κ3) is 2.23. The number of hydrogen-bond acceptors (Lipinski definition) is 3. The molecule has 3 N–H and O–H groups in total. The van der Waals surface area contributed by atoms with Gasteiger partial charge in [-0.3, -0.25) is 15.0 Å². The quantitative estimate of drug-likeness (QED) is 0.512. The molecule has 21 heavy (non-hydrogen) atoms. The van der Waals surface area contributed by atoms with Crippen molar-refractivity contribution in [3.05, 3.63) is 35.0 Å². The Bertz CT molecular complexity index is 731. The Morgan fingerprint density at radius 3 is 2.90 bits per heavy atom. The van der Waals surface area contributed by atoms with Gasteiger partial charge in [-0.25, -0.2) is 5.84 Å². The molecule has 0 radical (unpaired) electrons. The van der Waals surface area contributed by atoms with Crippen molar-refractivity contribution < 1.29 is 9.59 Å². The Balaban J connectivity index is 2.23. The molecule has 0 atom stereocenters. The number of hydrazine groups is 1. The van der Waals surface area contributed by atoms with Gasteiger partial charge in [0.15, 0.2) is 0 Å². The molecule has 0 fully saturated rings. The van der Waals surface area contributed by atoms with Crippen LogP contribution in [0.2, 0.25) is 0 Å². The van der Waals surface area contributed by atoms with Gasteiger partial charge in [-0.1, -0.05) is 6.92 Å². The van der Waals surface area contributed by atoms with Gasteiger partial charge in [0.25, 0.3) is 5.91 Å². The largest absolute Gasteiger partial charge is 0.344 e. The van der Waals surface area contributed by atoms with Crippen LogP contribution in [0.25, 0.3) is 10.9 Å². The number of Topliss-reactive ketones (excluding diaryl/α,β-unsaturated/α-hetero) is 1. The Morgan fingerprint density at radius 2 is 2.19 bits per heavy atom. The molecule has 0 saturated carbocycles. The molecule has 0 spiro atoms. The monoisotopic (exact) mass is 285 g/mol. The molecular weight excluding hydrogens is 266 g/mol. The van der Waals surface area contributed by atoms with Crippen LogP contribution in [0.1, 0.15) is 41.4 Å². The van der Waals surface area contributed by atoms with E-state index in [1.807, 2.05) is 12.1 Å². The van der Waals surface area contributed by atoms with Gasteiger partial charge in [0.1, 0.15) is 5.78 Å². The van der Waals surface area contributed by atoms with Crippen LogP contribution in [-0.2, 0) is 24.2 Å². The third-order valence-electron chi connectivity index (χ3n) is 4.14. The van der Waals surface area contributed by atoms with E-state index in [9.17, 15) is 9.59 Å². The highest BCUT2D eigenvalue weighted by molar-refractivity contribution is 6.00. The smallest absolute Gasteiger partial charge is 0.265 e. The predicted molar refractivity (Wildman–Crippen MR) is 80.9 cm³/mol.